The molecular formula is C18H25N3O2. The fraction of sp³-hybridized carbons (Fsp3) is 0.500. The standard InChI is InChI=1S/C18H25N3O2/c22-17(20-14-18(23)9-3-4-10-18)19-11-5-12-21-13-8-15-6-1-2-7-16(15)21/h1-2,6-8,13,23H,3-5,9-12,14H2,(H2,19,20,22). The molecule has 124 valence electrons. The van der Waals surface area contributed by atoms with Gasteiger partial charge in [0.1, 0.15) is 0 Å². The third-order valence-electron chi connectivity index (χ3n) is 4.65. The van der Waals surface area contributed by atoms with Gasteiger partial charge in [0.25, 0.3) is 0 Å². The molecule has 0 saturated heterocycles. The summed E-state index contributed by atoms with van der Waals surface area (Å²) in [7, 11) is 0. The zero-order chi connectivity index (χ0) is 16.1. The van der Waals surface area contributed by atoms with E-state index in [9.17, 15) is 9.90 Å². The number of aliphatic hydroxyl groups is 1. The number of urea groups is 1. The molecule has 0 spiro atoms. The van der Waals surface area contributed by atoms with Gasteiger partial charge in [0, 0.05) is 31.3 Å². The minimum atomic E-state index is -0.693. The Kier molecular flexibility index (Phi) is 4.86. The molecule has 1 heterocycles. The van der Waals surface area contributed by atoms with Crippen molar-refractivity contribution in [3.63, 3.8) is 0 Å². The Morgan fingerprint density at radius 1 is 1.17 bits per heavy atom. The summed E-state index contributed by atoms with van der Waals surface area (Å²) in [5.41, 5.74) is 0.530. The number of nitrogens with one attached hydrogen (secondary N) is 2. The summed E-state index contributed by atoms with van der Waals surface area (Å²) in [6.45, 7) is 1.84. The van der Waals surface area contributed by atoms with E-state index in [0.29, 0.717) is 13.1 Å². The molecule has 0 radical (unpaired) electrons. The van der Waals surface area contributed by atoms with Crippen molar-refractivity contribution in [1.82, 2.24) is 15.2 Å². The summed E-state index contributed by atoms with van der Waals surface area (Å²) in [5, 5.41) is 17.1. The van der Waals surface area contributed by atoms with Gasteiger partial charge in [-0.1, -0.05) is 31.0 Å². The van der Waals surface area contributed by atoms with Crippen molar-refractivity contribution >= 4 is 16.9 Å². The Bertz CT molecular complexity index is 659. The Balaban J connectivity index is 1.37. The molecule has 2 amide bonds. The highest BCUT2D eigenvalue weighted by Gasteiger charge is 2.31. The van der Waals surface area contributed by atoms with Crippen LogP contribution in [0.3, 0.4) is 0 Å². The highest BCUT2D eigenvalue weighted by molar-refractivity contribution is 5.79. The molecule has 3 N–H and O–H groups in total. The Morgan fingerprint density at radius 2 is 1.96 bits per heavy atom. The second kappa shape index (κ2) is 7.04. The minimum Gasteiger partial charge on any atom is -0.388 e. The van der Waals surface area contributed by atoms with E-state index >= 15 is 0 Å². The molecule has 0 unspecified atom stereocenters. The van der Waals surface area contributed by atoms with Crippen LogP contribution in [-0.4, -0.2) is 34.4 Å². The number of fused-ring (bicyclic) bond motifs is 1. The molecule has 1 aromatic heterocycles. The molecule has 1 aromatic carbocycles. The van der Waals surface area contributed by atoms with Crippen molar-refractivity contribution in [2.45, 2.75) is 44.2 Å². The normalized spacial score (nSPS) is 16.6. The predicted octanol–water partition coefficient (Wildman–Crippen LogP) is 2.64. The molecule has 1 saturated carbocycles. The first kappa shape index (κ1) is 15.9. The molecule has 0 bridgehead atoms. The van der Waals surface area contributed by atoms with E-state index in [2.05, 4.69) is 39.6 Å². The second-order valence-electron chi connectivity index (χ2n) is 6.46. The number of amides is 2. The van der Waals surface area contributed by atoms with E-state index in [1.165, 1.54) is 10.9 Å². The molecule has 1 aliphatic rings. The quantitative estimate of drug-likeness (QED) is 0.717. The summed E-state index contributed by atoms with van der Waals surface area (Å²) in [6.07, 6.45) is 6.62. The highest BCUT2D eigenvalue weighted by atomic mass is 16.3. The van der Waals surface area contributed by atoms with Crippen LogP contribution in [0.15, 0.2) is 36.5 Å². The zero-order valence-corrected chi connectivity index (χ0v) is 13.4. The average molecular weight is 315 g/mol. The van der Waals surface area contributed by atoms with Crippen LogP contribution in [-0.2, 0) is 6.54 Å². The number of aryl methyl sites for hydroxylation is 1. The number of hydrogen-bond acceptors (Lipinski definition) is 2. The van der Waals surface area contributed by atoms with Crippen LogP contribution in [0.2, 0.25) is 0 Å². The summed E-state index contributed by atoms with van der Waals surface area (Å²) < 4.78 is 2.20. The predicted molar refractivity (Wildman–Crippen MR) is 91.4 cm³/mol. The molecule has 0 aliphatic heterocycles. The minimum absolute atomic E-state index is 0.192. The van der Waals surface area contributed by atoms with Gasteiger partial charge in [-0.2, -0.15) is 0 Å². The van der Waals surface area contributed by atoms with E-state index in [-0.39, 0.29) is 6.03 Å². The lowest BCUT2D eigenvalue weighted by Gasteiger charge is -2.22. The molecule has 3 rings (SSSR count). The van der Waals surface area contributed by atoms with E-state index in [1.807, 2.05) is 12.1 Å². The lowest BCUT2D eigenvalue weighted by Crippen LogP contribution is -2.45. The fourth-order valence-electron chi connectivity index (χ4n) is 3.30. The van der Waals surface area contributed by atoms with Gasteiger partial charge in [0.15, 0.2) is 0 Å². The van der Waals surface area contributed by atoms with Gasteiger partial charge in [0.05, 0.1) is 5.60 Å². The maximum Gasteiger partial charge on any atom is 0.314 e. The van der Waals surface area contributed by atoms with Crippen LogP contribution in [0.25, 0.3) is 10.9 Å². The van der Waals surface area contributed by atoms with E-state index in [1.54, 1.807) is 0 Å². The number of carbonyl (C=O) groups is 1. The Morgan fingerprint density at radius 3 is 2.78 bits per heavy atom. The van der Waals surface area contributed by atoms with E-state index in [0.717, 1.165) is 38.6 Å². The molecule has 1 aliphatic carbocycles. The van der Waals surface area contributed by atoms with Crippen LogP contribution in [0.4, 0.5) is 4.79 Å². The smallest absolute Gasteiger partial charge is 0.314 e. The van der Waals surface area contributed by atoms with Crippen LogP contribution >= 0.6 is 0 Å². The summed E-state index contributed by atoms with van der Waals surface area (Å²) in [6, 6.07) is 10.2. The van der Waals surface area contributed by atoms with Crippen LogP contribution < -0.4 is 10.6 Å². The summed E-state index contributed by atoms with van der Waals surface area (Å²) in [5.74, 6) is 0. The second-order valence-corrected chi connectivity index (χ2v) is 6.46. The molecule has 5 heteroatoms. The number of para-hydroxylation sites is 1. The van der Waals surface area contributed by atoms with Crippen LogP contribution in [0.1, 0.15) is 32.1 Å². The maximum atomic E-state index is 11.8. The number of carbonyl (C=O) groups excluding carboxylic acids is 1. The number of aromatic nitrogens is 1. The maximum absolute atomic E-state index is 11.8. The number of hydrogen-bond donors (Lipinski definition) is 3. The molecule has 2 aromatic rings. The molecular weight excluding hydrogens is 290 g/mol. The van der Waals surface area contributed by atoms with Gasteiger partial charge in [-0.25, -0.2) is 4.79 Å². The fourth-order valence-corrected chi connectivity index (χ4v) is 3.30. The molecule has 0 atom stereocenters. The third-order valence-corrected chi connectivity index (χ3v) is 4.65. The van der Waals surface area contributed by atoms with Gasteiger partial charge in [-0.15, -0.1) is 0 Å². The lowest BCUT2D eigenvalue weighted by molar-refractivity contribution is 0.0501. The van der Waals surface area contributed by atoms with Gasteiger partial charge in [0.2, 0.25) is 0 Å². The van der Waals surface area contributed by atoms with Crippen molar-refractivity contribution in [1.29, 1.82) is 0 Å². The van der Waals surface area contributed by atoms with Crippen molar-refractivity contribution < 1.29 is 9.90 Å². The molecule has 23 heavy (non-hydrogen) atoms. The summed E-state index contributed by atoms with van der Waals surface area (Å²) >= 11 is 0. The Hall–Kier alpha value is -2.01. The van der Waals surface area contributed by atoms with E-state index in [4.69, 9.17) is 0 Å². The van der Waals surface area contributed by atoms with Gasteiger partial charge < -0.3 is 20.3 Å². The van der Waals surface area contributed by atoms with Crippen molar-refractivity contribution in [2.75, 3.05) is 13.1 Å². The van der Waals surface area contributed by atoms with E-state index < -0.39 is 5.60 Å². The summed E-state index contributed by atoms with van der Waals surface area (Å²) in [4.78, 5) is 11.8. The largest absolute Gasteiger partial charge is 0.388 e. The van der Waals surface area contributed by atoms with Gasteiger partial charge in [-0.3, -0.25) is 0 Å². The first-order valence-corrected chi connectivity index (χ1v) is 8.44. The van der Waals surface area contributed by atoms with Gasteiger partial charge >= 0.3 is 6.03 Å². The topological polar surface area (TPSA) is 66.3 Å². The molecule has 5 nitrogen and oxygen atoms in total. The average Bonchev–Trinajstić information content (AvgIpc) is 3.17. The lowest BCUT2D eigenvalue weighted by atomic mass is 10.0. The zero-order valence-electron chi connectivity index (χ0n) is 13.4. The first-order chi connectivity index (χ1) is 11.2. The number of rotatable bonds is 6. The number of nitrogens with zero attached hydrogens (tertiary/aromatic N) is 1. The van der Waals surface area contributed by atoms with Crippen LogP contribution in [0.5, 0.6) is 0 Å². The van der Waals surface area contributed by atoms with Gasteiger partial charge in [-0.05, 0) is 36.8 Å². The van der Waals surface area contributed by atoms with Crippen LogP contribution in [0, 0.1) is 0 Å². The van der Waals surface area contributed by atoms with Crippen molar-refractivity contribution in [3.8, 4) is 0 Å². The SMILES string of the molecule is O=C(NCCCn1ccc2ccccc21)NCC1(O)CCCC1. The number of benzene rings is 1. The monoisotopic (exact) mass is 315 g/mol. The van der Waals surface area contributed by atoms with Crippen molar-refractivity contribution in [2.24, 2.45) is 0 Å². The Labute approximate surface area is 136 Å². The third kappa shape index (κ3) is 4.05. The highest BCUT2D eigenvalue weighted by Crippen LogP contribution is 2.28. The first-order valence-electron chi connectivity index (χ1n) is 8.44. The molecule has 1 fully saturated rings. The van der Waals surface area contributed by atoms with Crippen molar-refractivity contribution in [3.05, 3.63) is 36.5 Å².